The summed E-state index contributed by atoms with van der Waals surface area (Å²) in [6.07, 6.45) is 0.273. The second-order valence-corrected chi connectivity index (χ2v) is 9.84. The molecule has 0 unspecified atom stereocenters. The molecule has 10 heteroatoms. The monoisotopic (exact) mass is 426 g/mol. The normalized spacial score (nSPS) is 12.1. The van der Waals surface area contributed by atoms with Crippen molar-refractivity contribution in [1.29, 1.82) is 0 Å². The van der Waals surface area contributed by atoms with Crippen LogP contribution in [0.4, 0.5) is 5.69 Å². The Hall–Kier alpha value is -2.43. The molecule has 0 spiro atoms. The molecule has 28 heavy (non-hydrogen) atoms. The Bertz CT molecular complexity index is 1030. The van der Waals surface area contributed by atoms with Crippen LogP contribution in [0.15, 0.2) is 58.3 Å². The molecule has 3 N–H and O–H groups in total. The second kappa shape index (κ2) is 8.72. The van der Waals surface area contributed by atoms with Crippen molar-refractivity contribution in [3.8, 4) is 0 Å². The maximum Gasteiger partial charge on any atom is 0.303 e. The molecule has 0 aliphatic carbocycles. The van der Waals surface area contributed by atoms with Crippen molar-refractivity contribution in [1.82, 2.24) is 4.72 Å². The number of rotatable bonds is 9. The van der Waals surface area contributed by atoms with Gasteiger partial charge in [0.1, 0.15) is 0 Å². The van der Waals surface area contributed by atoms with Crippen LogP contribution in [0.5, 0.6) is 0 Å². The smallest absolute Gasteiger partial charge is 0.303 e. The van der Waals surface area contributed by atoms with Gasteiger partial charge in [0.25, 0.3) is 10.0 Å². The minimum atomic E-state index is -3.86. The van der Waals surface area contributed by atoms with E-state index < -0.39 is 26.0 Å². The number of anilines is 1. The van der Waals surface area contributed by atoms with E-state index in [9.17, 15) is 21.6 Å². The molecule has 0 saturated carbocycles. The number of nitrogens with one attached hydrogen (secondary N) is 2. The minimum absolute atomic E-state index is 0.0183. The molecule has 2 rings (SSSR count). The van der Waals surface area contributed by atoms with E-state index in [4.69, 9.17) is 5.11 Å². The van der Waals surface area contributed by atoms with Gasteiger partial charge in [-0.05, 0) is 62.2 Å². The first-order valence-electron chi connectivity index (χ1n) is 8.45. The molecule has 0 radical (unpaired) electrons. The van der Waals surface area contributed by atoms with Crippen LogP contribution in [0, 0.1) is 0 Å². The first-order chi connectivity index (χ1) is 13.0. The summed E-state index contributed by atoms with van der Waals surface area (Å²) < 4.78 is 54.0. The number of hydrogen-bond acceptors (Lipinski definition) is 5. The average molecular weight is 427 g/mol. The highest BCUT2D eigenvalue weighted by atomic mass is 32.2. The fraction of sp³-hybridized carbons (Fsp3) is 0.278. The first kappa shape index (κ1) is 21.9. The van der Waals surface area contributed by atoms with Crippen molar-refractivity contribution >= 4 is 31.7 Å². The van der Waals surface area contributed by atoms with Gasteiger partial charge in [-0.15, -0.1) is 0 Å². The summed E-state index contributed by atoms with van der Waals surface area (Å²) in [6.45, 7) is 3.40. The van der Waals surface area contributed by atoms with Crippen LogP contribution in [0.3, 0.4) is 0 Å². The molecular formula is C18H22N2O6S2. The molecule has 0 fully saturated rings. The summed E-state index contributed by atoms with van der Waals surface area (Å²) in [6, 6.07) is 11.0. The van der Waals surface area contributed by atoms with E-state index in [1.54, 1.807) is 26.0 Å². The number of carbonyl (C=O) groups is 1. The predicted molar refractivity (Wildman–Crippen MR) is 105 cm³/mol. The van der Waals surface area contributed by atoms with Crippen molar-refractivity contribution in [2.24, 2.45) is 0 Å². The lowest BCUT2D eigenvalue weighted by molar-refractivity contribution is -0.136. The molecule has 2 aromatic rings. The fourth-order valence-electron chi connectivity index (χ4n) is 2.38. The molecule has 0 aliphatic heterocycles. The Labute approximate surface area is 164 Å². The summed E-state index contributed by atoms with van der Waals surface area (Å²) in [5.41, 5.74) is 0.937. The number of carboxylic acid groups (broad SMARTS) is 1. The molecule has 0 heterocycles. The molecule has 0 atom stereocenters. The van der Waals surface area contributed by atoms with Crippen LogP contribution >= 0.6 is 0 Å². The molecule has 0 amide bonds. The SMILES string of the molecule is CC(C)NS(=O)(=O)c1ccc(NS(=O)(=O)c2ccc(CCC(=O)O)cc2)cc1. The van der Waals surface area contributed by atoms with Crippen molar-refractivity contribution < 1.29 is 26.7 Å². The highest BCUT2D eigenvalue weighted by molar-refractivity contribution is 7.92. The lowest BCUT2D eigenvalue weighted by Crippen LogP contribution is -2.30. The van der Waals surface area contributed by atoms with Gasteiger partial charge in [0.05, 0.1) is 9.79 Å². The molecule has 152 valence electrons. The maximum atomic E-state index is 12.5. The molecule has 0 aromatic heterocycles. The largest absolute Gasteiger partial charge is 0.481 e. The van der Waals surface area contributed by atoms with Crippen LogP contribution in [-0.4, -0.2) is 34.0 Å². The van der Waals surface area contributed by atoms with Crippen LogP contribution in [0.2, 0.25) is 0 Å². The Morgan fingerprint density at radius 3 is 1.89 bits per heavy atom. The van der Waals surface area contributed by atoms with Crippen molar-refractivity contribution in [2.45, 2.75) is 42.5 Å². The van der Waals surface area contributed by atoms with Gasteiger partial charge in [-0.2, -0.15) is 0 Å². The zero-order valence-corrected chi connectivity index (χ0v) is 17.0. The molecular weight excluding hydrogens is 404 g/mol. The minimum Gasteiger partial charge on any atom is -0.481 e. The van der Waals surface area contributed by atoms with Crippen LogP contribution in [0.1, 0.15) is 25.8 Å². The number of aryl methyl sites for hydroxylation is 1. The number of sulfonamides is 2. The van der Waals surface area contributed by atoms with E-state index in [1.807, 2.05) is 0 Å². The summed E-state index contributed by atoms with van der Waals surface area (Å²) in [5.74, 6) is -0.924. The first-order valence-corrected chi connectivity index (χ1v) is 11.4. The Balaban J connectivity index is 2.12. The van der Waals surface area contributed by atoms with E-state index in [-0.39, 0.29) is 27.9 Å². The third-order valence-corrected chi connectivity index (χ3v) is 6.74. The van der Waals surface area contributed by atoms with Gasteiger partial charge in [-0.25, -0.2) is 21.6 Å². The van der Waals surface area contributed by atoms with Gasteiger partial charge in [-0.3, -0.25) is 9.52 Å². The van der Waals surface area contributed by atoms with E-state index >= 15 is 0 Å². The van der Waals surface area contributed by atoms with Crippen LogP contribution in [0.25, 0.3) is 0 Å². The Morgan fingerprint density at radius 1 is 0.893 bits per heavy atom. The molecule has 8 nitrogen and oxygen atoms in total. The maximum absolute atomic E-state index is 12.5. The van der Waals surface area contributed by atoms with E-state index in [1.165, 1.54) is 36.4 Å². The molecule has 0 bridgehead atoms. The van der Waals surface area contributed by atoms with Gasteiger partial charge in [0.15, 0.2) is 0 Å². The van der Waals surface area contributed by atoms with Gasteiger partial charge < -0.3 is 5.11 Å². The summed E-state index contributed by atoms with van der Waals surface area (Å²) >= 11 is 0. The van der Waals surface area contributed by atoms with Crippen LogP contribution < -0.4 is 9.44 Å². The standard InChI is InChI=1S/C18H22N2O6S2/c1-13(2)19-27(23,24)17-10-6-15(7-11-17)20-28(25,26)16-8-3-14(4-9-16)5-12-18(21)22/h3-4,6-11,13,19-20H,5,12H2,1-2H3,(H,21,22). The zero-order chi connectivity index (χ0) is 20.9. The third kappa shape index (κ3) is 6.04. The van der Waals surface area contributed by atoms with Crippen LogP contribution in [-0.2, 0) is 31.3 Å². The number of hydrogen-bond donors (Lipinski definition) is 3. The number of aliphatic carboxylic acids is 1. The zero-order valence-electron chi connectivity index (χ0n) is 15.4. The molecule has 2 aromatic carbocycles. The average Bonchev–Trinajstić information content (AvgIpc) is 2.59. The number of benzene rings is 2. The predicted octanol–water partition coefficient (Wildman–Crippen LogP) is 2.19. The quantitative estimate of drug-likeness (QED) is 0.564. The lowest BCUT2D eigenvalue weighted by atomic mass is 10.1. The van der Waals surface area contributed by atoms with Gasteiger partial charge in [-0.1, -0.05) is 12.1 Å². The highest BCUT2D eigenvalue weighted by Crippen LogP contribution is 2.19. The topological polar surface area (TPSA) is 130 Å². The molecule has 0 aliphatic rings. The van der Waals surface area contributed by atoms with E-state index in [0.717, 1.165) is 0 Å². The van der Waals surface area contributed by atoms with Gasteiger partial charge >= 0.3 is 5.97 Å². The van der Waals surface area contributed by atoms with E-state index in [2.05, 4.69) is 9.44 Å². The highest BCUT2D eigenvalue weighted by Gasteiger charge is 2.17. The summed E-state index contributed by atoms with van der Waals surface area (Å²) in [4.78, 5) is 10.6. The van der Waals surface area contributed by atoms with Gasteiger partial charge in [0, 0.05) is 18.2 Å². The summed E-state index contributed by atoms with van der Waals surface area (Å²) in [7, 11) is -7.52. The van der Waals surface area contributed by atoms with Gasteiger partial charge in [0.2, 0.25) is 10.0 Å². The summed E-state index contributed by atoms with van der Waals surface area (Å²) in [5, 5.41) is 8.69. The van der Waals surface area contributed by atoms with E-state index in [0.29, 0.717) is 12.0 Å². The Kier molecular flexibility index (Phi) is 6.81. The van der Waals surface area contributed by atoms with Crippen molar-refractivity contribution in [3.63, 3.8) is 0 Å². The third-order valence-electron chi connectivity index (χ3n) is 3.67. The van der Waals surface area contributed by atoms with Crippen molar-refractivity contribution in [3.05, 3.63) is 54.1 Å². The lowest BCUT2D eigenvalue weighted by Gasteiger charge is -2.11. The van der Waals surface area contributed by atoms with Crippen molar-refractivity contribution in [2.75, 3.05) is 4.72 Å². The fourth-order valence-corrected chi connectivity index (χ4v) is 4.69. The second-order valence-electron chi connectivity index (χ2n) is 6.44. The Morgan fingerprint density at radius 2 is 1.39 bits per heavy atom. The molecule has 0 saturated heterocycles. The number of carboxylic acids is 1.